The number of carbonyl (C=O) groups is 1. The fraction of sp³-hybridized carbons (Fsp3) is 0.440. The zero-order valence-corrected chi connectivity index (χ0v) is 19.9. The van der Waals surface area contributed by atoms with Crippen molar-refractivity contribution in [1.29, 1.82) is 0 Å². The molecule has 3 saturated carbocycles. The maximum atomic E-state index is 16.3. The number of benzene rings is 2. The Hall–Kier alpha value is -3.74. The first-order valence-electron chi connectivity index (χ1n) is 12.0. The Morgan fingerprint density at radius 2 is 1.89 bits per heavy atom. The summed E-state index contributed by atoms with van der Waals surface area (Å²) in [7, 11) is 0. The second-order valence-electron chi connectivity index (χ2n) is 10.4. The summed E-state index contributed by atoms with van der Waals surface area (Å²) < 4.78 is 72.4. The first-order chi connectivity index (χ1) is 18.1. The molecule has 3 aliphatic carbocycles. The minimum Gasteiger partial charge on any atom is -0.490 e. The van der Waals surface area contributed by atoms with Crippen molar-refractivity contribution in [3.63, 3.8) is 0 Å². The fourth-order valence-corrected chi connectivity index (χ4v) is 6.15. The lowest BCUT2D eigenvalue weighted by atomic mass is 9.30. The van der Waals surface area contributed by atoms with E-state index in [1.165, 1.54) is 0 Å². The van der Waals surface area contributed by atoms with Crippen LogP contribution in [-0.4, -0.2) is 56.6 Å². The summed E-state index contributed by atoms with van der Waals surface area (Å²) in [6.07, 6.45) is 0.408. The van der Waals surface area contributed by atoms with E-state index in [9.17, 15) is 18.7 Å². The van der Waals surface area contributed by atoms with E-state index in [2.05, 4.69) is 20.8 Å². The number of ether oxygens (including phenoxy) is 2. The number of hydrogen-bond donors (Lipinski definition) is 2. The molecule has 9 nitrogen and oxygen atoms in total. The maximum Gasteiger partial charge on any atom is 0.407 e. The molecule has 3 aromatic rings. The molecule has 2 bridgehead atoms. The topological polar surface area (TPSA) is 111 Å². The number of hydrogen-bond acceptors (Lipinski definition) is 7. The van der Waals surface area contributed by atoms with Crippen LogP contribution in [0.2, 0.25) is 0 Å². The molecule has 200 valence electrons. The summed E-state index contributed by atoms with van der Waals surface area (Å²) in [5, 5.41) is 24.4. The van der Waals surface area contributed by atoms with Crippen molar-refractivity contribution in [3.8, 4) is 5.75 Å². The number of aliphatic hydroxyl groups is 1. The third-order valence-corrected chi connectivity index (χ3v) is 8.03. The molecule has 38 heavy (non-hydrogen) atoms. The third-order valence-electron chi connectivity index (χ3n) is 8.03. The third kappa shape index (κ3) is 3.62. The lowest BCUT2D eigenvalue weighted by Crippen LogP contribution is -2.76. The van der Waals surface area contributed by atoms with Gasteiger partial charge in [0.2, 0.25) is 0 Å². The SMILES string of the molecule is O=C1NC[C@H](COc2ccc(C34CC(C(F)(F)[C@](O)(Cn5cnnn5)c5ccc(F)cc5F)(C3)C4)cc2)O1. The van der Waals surface area contributed by atoms with Crippen LogP contribution in [0.15, 0.2) is 48.8 Å². The predicted molar refractivity (Wildman–Crippen MR) is 121 cm³/mol. The van der Waals surface area contributed by atoms with Gasteiger partial charge in [-0.05, 0) is 64.9 Å². The number of alkyl halides is 2. The molecule has 0 unspecified atom stereocenters. The van der Waals surface area contributed by atoms with Gasteiger partial charge < -0.3 is 19.9 Å². The van der Waals surface area contributed by atoms with Gasteiger partial charge in [0.25, 0.3) is 5.92 Å². The van der Waals surface area contributed by atoms with Crippen LogP contribution < -0.4 is 10.1 Å². The Morgan fingerprint density at radius 3 is 2.50 bits per heavy atom. The van der Waals surface area contributed by atoms with E-state index < -0.39 is 52.2 Å². The van der Waals surface area contributed by atoms with Gasteiger partial charge in [-0.2, -0.15) is 0 Å². The Balaban J connectivity index is 1.20. The smallest absolute Gasteiger partial charge is 0.407 e. The van der Waals surface area contributed by atoms with Gasteiger partial charge in [0, 0.05) is 17.0 Å². The van der Waals surface area contributed by atoms with Crippen LogP contribution in [0.4, 0.5) is 22.4 Å². The average Bonchev–Trinajstić information content (AvgIpc) is 3.48. The molecule has 0 spiro atoms. The Morgan fingerprint density at radius 1 is 1.16 bits per heavy atom. The molecule has 2 aromatic carbocycles. The van der Waals surface area contributed by atoms with E-state index in [4.69, 9.17) is 9.47 Å². The van der Waals surface area contributed by atoms with Gasteiger partial charge >= 0.3 is 6.09 Å². The fourth-order valence-electron chi connectivity index (χ4n) is 6.15. The van der Waals surface area contributed by atoms with Gasteiger partial charge in [-0.15, -0.1) is 5.10 Å². The lowest BCUT2D eigenvalue weighted by molar-refractivity contribution is -0.347. The number of tetrazole rings is 1. The summed E-state index contributed by atoms with van der Waals surface area (Å²) in [6, 6.07) is 9.21. The van der Waals surface area contributed by atoms with E-state index in [0.717, 1.165) is 28.7 Å². The number of aromatic nitrogens is 4. The van der Waals surface area contributed by atoms with Crippen molar-refractivity contribution in [2.75, 3.05) is 13.2 Å². The second-order valence-corrected chi connectivity index (χ2v) is 10.4. The Kier molecular flexibility index (Phi) is 5.42. The van der Waals surface area contributed by atoms with Gasteiger partial charge in [0.15, 0.2) is 11.7 Å². The van der Waals surface area contributed by atoms with Crippen molar-refractivity contribution in [2.24, 2.45) is 5.41 Å². The van der Waals surface area contributed by atoms with E-state index >= 15 is 8.78 Å². The van der Waals surface area contributed by atoms with Gasteiger partial charge in [0.1, 0.15) is 30.3 Å². The number of amides is 1. The van der Waals surface area contributed by atoms with Gasteiger partial charge in [-0.1, -0.05) is 12.1 Å². The molecule has 1 amide bonds. The minimum atomic E-state index is -3.79. The van der Waals surface area contributed by atoms with Crippen molar-refractivity contribution in [2.45, 2.75) is 48.8 Å². The average molecular weight is 533 g/mol. The molecule has 7 rings (SSSR count). The van der Waals surface area contributed by atoms with Gasteiger partial charge in [-0.3, -0.25) is 0 Å². The van der Waals surface area contributed by atoms with Crippen LogP contribution in [-0.2, 0) is 22.3 Å². The zero-order chi connectivity index (χ0) is 26.8. The standard InChI is InChI=1S/C25H23F4N5O4/c26-16-3-6-19(20(27)7-16)24(36,13-34-14-31-32-33-34)25(28,29)23-10-22(11-23,12-23)15-1-4-17(5-2-15)37-9-18-8-30-21(35)38-18/h1-7,14,18,36H,8-13H2,(H,30,35)/t18-,22?,23?,24+/m1/s1. The van der Waals surface area contributed by atoms with E-state index in [1.54, 1.807) is 12.1 Å². The number of halogens is 4. The molecule has 2 N–H and O–H groups in total. The number of nitrogens with zero attached hydrogens (tertiary/aromatic N) is 4. The molecule has 1 aromatic heterocycles. The number of nitrogens with one attached hydrogen (secondary N) is 1. The number of rotatable bonds is 9. The molecular weight excluding hydrogens is 510 g/mol. The largest absolute Gasteiger partial charge is 0.490 e. The maximum absolute atomic E-state index is 16.3. The summed E-state index contributed by atoms with van der Waals surface area (Å²) >= 11 is 0. The predicted octanol–water partition coefficient (Wildman–Crippen LogP) is 3.08. The van der Waals surface area contributed by atoms with Gasteiger partial charge in [0.05, 0.1) is 13.1 Å². The molecule has 2 atom stereocenters. The summed E-state index contributed by atoms with van der Waals surface area (Å²) in [5.74, 6) is -5.47. The van der Waals surface area contributed by atoms with Crippen LogP contribution in [0.25, 0.3) is 0 Å². The van der Waals surface area contributed by atoms with Crippen molar-refractivity contribution in [3.05, 3.63) is 71.6 Å². The van der Waals surface area contributed by atoms with Crippen molar-refractivity contribution >= 4 is 6.09 Å². The number of cyclic esters (lactones) is 1. The normalized spacial score (nSPS) is 27.5. The highest BCUT2D eigenvalue weighted by atomic mass is 19.3. The Bertz CT molecular complexity index is 1350. The highest BCUT2D eigenvalue weighted by molar-refractivity contribution is 5.69. The molecule has 1 aliphatic heterocycles. The summed E-state index contributed by atoms with van der Waals surface area (Å²) in [5.41, 5.74) is -4.96. The molecule has 1 saturated heterocycles. The second kappa shape index (κ2) is 8.38. The van der Waals surface area contributed by atoms with Crippen LogP contribution in [0.5, 0.6) is 5.75 Å². The lowest BCUT2D eigenvalue weighted by Gasteiger charge is -2.74. The van der Waals surface area contributed by atoms with E-state index in [-0.39, 0.29) is 32.0 Å². The molecule has 4 aliphatic rings. The first kappa shape index (κ1) is 24.6. The molecule has 4 fully saturated rings. The highest BCUT2D eigenvalue weighted by Crippen LogP contribution is 2.80. The number of carbonyl (C=O) groups excluding carboxylic acids is 1. The van der Waals surface area contributed by atoms with E-state index in [1.807, 2.05) is 12.1 Å². The van der Waals surface area contributed by atoms with Crippen LogP contribution in [0, 0.1) is 17.0 Å². The van der Waals surface area contributed by atoms with Crippen molar-refractivity contribution < 1.29 is 36.9 Å². The molecule has 0 radical (unpaired) electrons. The van der Waals surface area contributed by atoms with Crippen molar-refractivity contribution in [1.82, 2.24) is 25.5 Å². The number of alkyl carbamates (subject to hydrolysis) is 1. The quantitative estimate of drug-likeness (QED) is 0.407. The first-order valence-corrected chi connectivity index (χ1v) is 12.0. The minimum absolute atomic E-state index is 0.0810. The molecular formula is C25H23F4N5O4. The van der Waals surface area contributed by atoms with Crippen LogP contribution >= 0.6 is 0 Å². The highest BCUT2D eigenvalue weighted by Gasteiger charge is 2.82. The summed E-state index contributed by atoms with van der Waals surface area (Å²) in [6.45, 7) is -0.279. The van der Waals surface area contributed by atoms with Gasteiger partial charge in [-0.25, -0.2) is 27.0 Å². The van der Waals surface area contributed by atoms with E-state index in [0.29, 0.717) is 18.4 Å². The monoisotopic (exact) mass is 533 g/mol. The summed E-state index contributed by atoms with van der Waals surface area (Å²) in [4.78, 5) is 11.1. The van der Waals surface area contributed by atoms with Crippen LogP contribution in [0.1, 0.15) is 30.4 Å². The molecule has 2 heterocycles. The Labute approximate surface area is 213 Å². The molecule has 13 heteroatoms. The zero-order valence-electron chi connectivity index (χ0n) is 19.9. The van der Waals surface area contributed by atoms with Crippen LogP contribution in [0.3, 0.4) is 0 Å².